The Morgan fingerprint density at radius 2 is 2.05 bits per heavy atom. The second-order valence-electron chi connectivity index (χ2n) is 5.97. The Morgan fingerprint density at radius 1 is 1.25 bits per heavy atom. The van der Waals surface area contributed by atoms with Crippen LogP contribution in [-0.2, 0) is 6.54 Å². The standard InChI is InChI=1S/C17H29N3/c1-3-5-15-7-11-20(12-8-15)14-17-13-16(6-10-19-17)18-9-4-2/h6,10,13,15H,3-5,7-9,11-12,14H2,1-2H3,(H,18,19). The molecule has 1 aliphatic rings. The maximum atomic E-state index is 4.52. The Hall–Kier alpha value is -1.09. The van der Waals surface area contributed by atoms with Gasteiger partial charge in [-0.25, -0.2) is 0 Å². The third-order valence-corrected chi connectivity index (χ3v) is 4.19. The second-order valence-corrected chi connectivity index (χ2v) is 5.97. The molecule has 112 valence electrons. The van der Waals surface area contributed by atoms with E-state index < -0.39 is 0 Å². The highest BCUT2D eigenvalue weighted by Gasteiger charge is 2.18. The molecule has 1 aromatic rings. The molecule has 1 saturated heterocycles. The Morgan fingerprint density at radius 3 is 2.75 bits per heavy atom. The van der Waals surface area contributed by atoms with Crippen LogP contribution in [0.1, 0.15) is 51.6 Å². The maximum Gasteiger partial charge on any atom is 0.0564 e. The normalized spacial score (nSPS) is 17.3. The van der Waals surface area contributed by atoms with Crippen LogP contribution in [0.3, 0.4) is 0 Å². The minimum absolute atomic E-state index is 0.960. The first-order chi connectivity index (χ1) is 9.81. The molecule has 0 bridgehead atoms. The fourth-order valence-corrected chi connectivity index (χ4v) is 3.01. The van der Waals surface area contributed by atoms with Crippen molar-refractivity contribution in [3.05, 3.63) is 24.0 Å². The van der Waals surface area contributed by atoms with Crippen LogP contribution in [-0.4, -0.2) is 29.5 Å². The van der Waals surface area contributed by atoms with Gasteiger partial charge in [0.05, 0.1) is 5.69 Å². The number of aromatic nitrogens is 1. The van der Waals surface area contributed by atoms with Gasteiger partial charge in [0, 0.05) is 25.0 Å². The molecule has 0 aliphatic carbocycles. The van der Waals surface area contributed by atoms with E-state index in [-0.39, 0.29) is 0 Å². The Balaban J connectivity index is 1.81. The number of rotatable bonds is 7. The summed E-state index contributed by atoms with van der Waals surface area (Å²) in [5.74, 6) is 0.960. The van der Waals surface area contributed by atoms with Gasteiger partial charge in [-0.15, -0.1) is 0 Å². The van der Waals surface area contributed by atoms with Gasteiger partial charge in [0.25, 0.3) is 0 Å². The number of nitrogens with zero attached hydrogens (tertiary/aromatic N) is 2. The summed E-state index contributed by atoms with van der Waals surface area (Å²) in [5.41, 5.74) is 2.40. The zero-order valence-corrected chi connectivity index (χ0v) is 13.1. The van der Waals surface area contributed by atoms with Gasteiger partial charge in [0.1, 0.15) is 0 Å². The van der Waals surface area contributed by atoms with Gasteiger partial charge >= 0.3 is 0 Å². The van der Waals surface area contributed by atoms with Crippen LogP contribution in [0, 0.1) is 5.92 Å². The van der Waals surface area contributed by atoms with Crippen LogP contribution in [0.15, 0.2) is 18.3 Å². The minimum Gasteiger partial charge on any atom is -0.385 e. The molecule has 3 heteroatoms. The molecule has 20 heavy (non-hydrogen) atoms. The molecule has 1 aliphatic heterocycles. The van der Waals surface area contributed by atoms with Crippen LogP contribution < -0.4 is 5.32 Å². The average molecular weight is 275 g/mol. The third-order valence-electron chi connectivity index (χ3n) is 4.19. The number of pyridine rings is 1. The lowest BCUT2D eigenvalue weighted by Gasteiger charge is -2.31. The summed E-state index contributed by atoms with van der Waals surface area (Å²) >= 11 is 0. The van der Waals surface area contributed by atoms with E-state index in [0.29, 0.717) is 0 Å². The summed E-state index contributed by atoms with van der Waals surface area (Å²) in [6.07, 6.45) is 8.54. The van der Waals surface area contributed by atoms with Gasteiger partial charge in [-0.2, -0.15) is 0 Å². The lowest BCUT2D eigenvalue weighted by molar-refractivity contribution is 0.170. The van der Waals surface area contributed by atoms with Crippen molar-refractivity contribution in [1.82, 2.24) is 9.88 Å². The highest BCUT2D eigenvalue weighted by atomic mass is 15.1. The van der Waals surface area contributed by atoms with E-state index in [9.17, 15) is 0 Å². The summed E-state index contributed by atoms with van der Waals surface area (Å²) < 4.78 is 0. The molecule has 2 rings (SSSR count). The highest BCUT2D eigenvalue weighted by Crippen LogP contribution is 2.22. The largest absolute Gasteiger partial charge is 0.385 e. The number of piperidine rings is 1. The number of hydrogen-bond donors (Lipinski definition) is 1. The Kier molecular flexibility index (Phi) is 6.31. The number of hydrogen-bond acceptors (Lipinski definition) is 3. The van der Waals surface area contributed by atoms with Crippen LogP contribution >= 0.6 is 0 Å². The quantitative estimate of drug-likeness (QED) is 0.817. The smallest absolute Gasteiger partial charge is 0.0564 e. The molecule has 0 amide bonds. The minimum atomic E-state index is 0.960. The van der Waals surface area contributed by atoms with Crippen molar-refractivity contribution in [2.45, 2.75) is 52.5 Å². The number of anilines is 1. The Bertz CT molecular complexity index is 384. The first kappa shape index (κ1) is 15.3. The van der Waals surface area contributed by atoms with Gasteiger partial charge in [0.2, 0.25) is 0 Å². The summed E-state index contributed by atoms with van der Waals surface area (Å²) in [6.45, 7) is 8.99. The average Bonchev–Trinajstić information content (AvgIpc) is 2.48. The first-order valence-corrected chi connectivity index (χ1v) is 8.23. The first-order valence-electron chi connectivity index (χ1n) is 8.23. The molecule has 1 fully saturated rings. The Labute approximate surface area is 123 Å². The van der Waals surface area contributed by atoms with E-state index in [1.54, 1.807) is 0 Å². The van der Waals surface area contributed by atoms with E-state index in [4.69, 9.17) is 0 Å². The molecule has 0 atom stereocenters. The third kappa shape index (κ3) is 4.78. The van der Waals surface area contributed by atoms with Gasteiger partial charge in [-0.3, -0.25) is 9.88 Å². The molecule has 0 unspecified atom stereocenters. The van der Waals surface area contributed by atoms with E-state index in [1.807, 2.05) is 6.20 Å². The molecule has 0 spiro atoms. The fraction of sp³-hybridized carbons (Fsp3) is 0.706. The van der Waals surface area contributed by atoms with Crippen molar-refractivity contribution in [3.8, 4) is 0 Å². The molecule has 1 aromatic heterocycles. The molecular weight excluding hydrogens is 246 g/mol. The van der Waals surface area contributed by atoms with E-state index >= 15 is 0 Å². The predicted molar refractivity (Wildman–Crippen MR) is 85.9 cm³/mol. The fourth-order valence-electron chi connectivity index (χ4n) is 3.01. The van der Waals surface area contributed by atoms with E-state index in [1.165, 1.54) is 50.2 Å². The van der Waals surface area contributed by atoms with Gasteiger partial charge in [0.15, 0.2) is 0 Å². The zero-order valence-electron chi connectivity index (χ0n) is 13.1. The molecule has 3 nitrogen and oxygen atoms in total. The number of nitrogens with one attached hydrogen (secondary N) is 1. The molecule has 0 saturated carbocycles. The molecule has 2 heterocycles. The van der Waals surface area contributed by atoms with Crippen molar-refractivity contribution >= 4 is 5.69 Å². The van der Waals surface area contributed by atoms with Crippen molar-refractivity contribution in [3.63, 3.8) is 0 Å². The van der Waals surface area contributed by atoms with Crippen molar-refractivity contribution in [1.29, 1.82) is 0 Å². The number of likely N-dealkylation sites (tertiary alicyclic amines) is 1. The summed E-state index contributed by atoms with van der Waals surface area (Å²) in [6, 6.07) is 4.26. The lowest BCUT2D eigenvalue weighted by atomic mass is 9.92. The van der Waals surface area contributed by atoms with Crippen LogP contribution in [0.2, 0.25) is 0 Å². The maximum absolute atomic E-state index is 4.52. The SMILES string of the molecule is CCCNc1ccnc(CN2CCC(CCC)CC2)c1. The van der Waals surface area contributed by atoms with Crippen LogP contribution in [0.25, 0.3) is 0 Å². The van der Waals surface area contributed by atoms with E-state index in [0.717, 1.165) is 25.4 Å². The van der Waals surface area contributed by atoms with Crippen molar-refractivity contribution < 1.29 is 0 Å². The second kappa shape index (κ2) is 8.25. The van der Waals surface area contributed by atoms with Gasteiger partial charge in [-0.1, -0.05) is 26.7 Å². The van der Waals surface area contributed by atoms with E-state index in [2.05, 4.69) is 41.2 Å². The lowest BCUT2D eigenvalue weighted by Crippen LogP contribution is -2.33. The zero-order chi connectivity index (χ0) is 14.2. The van der Waals surface area contributed by atoms with Gasteiger partial charge in [-0.05, 0) is 50.4 Å². The summed E-state index contributed by atoms with van der Waals surface area (Å²) in [4.78, 5) is 7.07. The predicted octanol–water partition coefficient (Wildman–Crippen LogP) is 3.92. The summed E-state index contributed by atoms with van der Waals surface area (Å²) in [5, 5.41) is 3.44. The van der Waals surface area contributed by atoms with Gasteiger partial charge < -0.3 is 5.32 Å². The molecule has 1 N–H and O–H groups in total. The van der Waals surface area contributed by atoms with Crippen LogP contribution in [0.4, 0.5) is 5.69 Å². The van der Waals surface area contributed by atoms with Crippen molar-refractivity contribution in [2.24, 2.45) is 5.92 Å². The monoisotopic (exact) mass is 275 g/mol. The molecule has 0 radical (unpaired) electrons. The summed E-state index contributed by atoms with van der Waals surface area (Å²) in [7, 11) is 0. The van der Waals surface area contributed by atoms with Crippen molar-refractivity contribution in [2.75, 3.05) is 25.0 Å². The topological polar surface area (TPSA) is 28.2 Å². The highest BCUT2D eigenvalue weighted by molar-refractivity contribution is 5.43. The molecule has 0 aromatic carbocycles. The van der Waals surface area contributed by atoms with Crippen LogP contribution in [0.5, 0.6) is 0 Å². The molecular formula is C17H29N3.